The van der Waals surface area contributed by atoms with E-state index in [0.717, 1.165) is 25.1 Å². The van der Waals surface area contributed by atoms with Crippen molar-refractivity contribution in [1.82, 2.24) is 15.1 Å². The molecule has 2 aliphatic rings. The fourth-order valence-corrected chi connectivity index (χ4v) is 3.82. The first-order valence-corrected chi connectivity index (χ1v) is 9.02. The maximum atomic E-state index is 12.7. The second-order valence-electron chi connectivity index (χ2n) is 7.44. The Balaban J connectivity index is 1.38. The highest BCUT2D eigenvalue weighted by Crippen LogP contribution is 2.56. The Bertz CT molecular complexity index is 754. The van der Waals surface area contributed by atoms with Crippen molar-refractivity contribution in [3.05, 3.63) is 30.3 Å². The van der Waals surface area contributed by atoms with Crippen molar-refractivity contribution in [3.8, 4) is 11.5 Å². The highest BCUT2D eigenvalue weighted by atomic mass is 16.4. The molecule has 0 bridgehead atoms. The molecule has 1 saturated carbocycles. The van der Waals surface area contributed by atoms with Crippen LogP contribution in [-0.2, 0) is 4.79 Å². The topological polar surface area (TPSA) is 71.3 Å². The molecule has 1 aliphatic carbocycles. The lowest BCUT2D eigenvalue weighted by Crippen LogP contribution is -2.48. The fourth-order valence-electron chi connectivity index (χ4n) is 3.82. The van der Waals surface area contributed by atoms with E-state index in [1.807, 2.05) is 42.2 Å². The van der Waals surface area contributed by atoms with Crippen LogP contribution >= 0.6 is 0 Å². The summed E-state index contributed by atoms with van der Waals surface area (Å²) in [5, 5.41) is 11.1. The molecule has 1 spiro atoms. The highest BCUT2D eigenvalue weighted by molar-refractivity contribution is 5.83. The predicted molar refractivity (Wildman–Crippen MR) is 94.8 cm³/mol. The van der Waals surface area contributed by atoms with Gasteiger partial charge < -0.3 is 14.6 Å². The molecule has 2 aromatic rings. The number of anilines is 1. The molecule has 2 fully saturated rings. The van der Waals surface area contributed by atoms with E-state index in [1.165, 1.54) is 12.8 Å². The molecule has 4 rings (SSSR count). The normalized spacial score (nSPS) is 22.6. The van der Waals surface area contributed by atoms with Gasteiger partial charge >= 0.3 is 6.01 Å². The number of hydrogen-bond donors (Lipinski definition) is 1. The molecule has 25 heavy (non-hydrogen) atoms. The van der Waals surface area contributed by atoms with Crippen molar-refractivity contribution < 1.29 is 9.21 Å². The average Bonchev–Trinajstić information content (AvgIpc) is 3.27. The molecule has 1 N–H and O–H groups in total. The summed E-state index contributed by atoms with van der Waals surface area (Å²) >= 11 is 0. The summed E-state index contributed by atoms with van der Waals surface area (Å²) < 4.78 is 5.64. The van der Waals surface area contributed by atoms with E-state index in [1.54, 1.807) is 0 Å². The Morgan fingerprint density at radius 2 is 2.04 bits per heavy atom. The van der Waals surface area contributed by atoms with Gasteiger partial charge in [0.05, 0.1) is 0 Å². The van der Waals surface area contributed by atoms with Gasteiger partial charge in [-0.05, 0) is 49.7 Å². The third kappa shape index (κ3) is 3.13. The van der Waals surface area contributed by atoms with E-state index in [2.05, 4.69) is 22.4 Å². The van der Waals surface area contributed by atoms with Crippen LogP contribution < -0.4 is 5.32 Å². The lowest BCUT2D eigenvalue weighted by Gasteiger charge is -2.38. The minimum atomic E-state index is -0.385. The summed E-state index contributed by atoms with van der Waals surface area (Å²) in [6, 6.07) is 9.49. The number of likely N-dealkylation sites (tertiary alicyclic amines) is 1. The quantitative estimate of drug-likeness (QED) is 0.925. The van der Waals surface area contributed by atoms with Crippen LogP contribution in [0.1, 0.15) is 33.1 Å². The van der Waals surface area contributed by atoms with Crippen LogP contribution in [0.15, 0.2) is 34.7 Å². The molecule has 132 valence electrons. The zero-order chi connectivity index (χ0) is 17.4. The monoisotopic (exact) mass is 340 g/mol. The molecular formula is C19H24N4O2. The Morgan fingerprint density at radius 1 is 1.28 bits per heavy atom. The molecule has 6 nitrogen and oxygen atoms in total. The van der Waals surface area contributed by atoms with E-state index >= 15 is 0 Å². The third-order valence-electron chi connectivity index (χ3n) is 5.78. The summed E-state index contributed by atoms with van der Waals surface area (Å²) in [5.41, 5.74) is 1.39. The van der Waals surface area contributed by atoms with E-state index in [9.17, 15) is 4.79 Å². The van der Waals surface area contributed by atoms with E-state index in [0.29, 0.717) is 17.2 Å². The Morgan fingerprint density at radius 3 is 2.72 bits per heavy atom. The van der Waals surface area contributed by atoms with Crippen LogP contribution in [0.3, 0.4) is 0 Å². The average molecular weight is 340 g/mol. The fraction of sp³-hybridized carbons (Fsp3) is 0.526. The number of nitrogens with zero attached hydrogens (tertiary/aromatic N) is 3. The summed E-state index contributed by atoms with van der Waals surface area (Å²) in [4.78, 5) is 14.7. The maximum absolute atomic E-state index is 12.7. The van der Waals surface area contributed by atoms with Crippen LogP contribution in [0.25, 0.3) is 11.5 Å². The number of nitrogens with one attached hydrogen (secondary N) is 1. The van der Waals surface area contributed by atoms with Crippen molar-refractivity contribution in [2.45, 2.75) is 39.2 Å². The molecule has 2 heterocycles. The number of carbonyl (C=O) groups excluding carboxylic acids is 1. The van der Waals surface area contributed by atoms with Crippen LogP contribution in [0, 0.1) is 11.3 Å². The number of amides is 1. The highest BCUT2D eigenvalue weighted by Gasteiger charge is 2.50. The van der Waals surface area contributed by atoms with Gasteiger partial charge in [0.1, 0.15) is 6.04 Å². The number of piperidine rings is 1. The Hall–Kier alpha value is -2.37. The number of hydrogen-bond acceptors (Lipinski definition) is 5. The number of benzene rings is 1. The van der Waals surface area contributed by atoms with Gasteiger partial charge in [-0.3, -0.25) is 4.79 Å². The maximum Gasteiger partial charge on any atom is 0.316 e. The second kappa shape index (κ2) is 6.17. The summed E-state index contributed by atoms with van der Waals surface area (Å²) in [6.07, 6.45) is 3.79. The van der Waals surface area contributed by atoms with Gasteiger partial charge in [0.2, 0.25) is 11.8 Å². The minimum Gasteiger partial charge on any atom is -0.403 e. The zero-order valence-electron chi connectivity index (χ0n) is 14.7. The number of carbonyl (C=O) groups is 1. The molecule has 1 amide bonds. The summed E-state index contributed by atoms with van der Waals surface area (Å²) in [6.45, 7) is 5.83. The predicted octanol–water partition coefficient (Wildman–Crippen LogP) is 3.19. The van der Waals surface area contributed by atoms with Gasteiger partial charge in [-0.1, -0.05) is 30.2 Å². The van der Waals surface area contributed by atoms with Crippen LogP contribution in [0.4, 0.5) is 6.01 Å². The van der Waals surface area contributed by atoms with Gasteiger partial charge in [-0.25, -0.2) is 0 Å². The summed E-state index contributed by atoms with van der Waals surface area (Å²) in [5.74, 6) is 1.14. The van der Waals surface area contributed by atoms with E-state index < -0.39 is 0 Å². The molecule has 1 saturated heterocycles. The molecule has 2 atom stereocenters. The lowest BCUT2D eigenvalue weighted by molar-refractivity contribution is -0.134. The first-order valence-electron chi connectivity index (χ1n) is 9.02. The van der Waals surface area contributed by atoms with Crippen molar-refractivity contribution >= 4 is 11.9 Å². The Labute approximate surface area is 147 Å². The first kappa shape index (κ1) is 16.1. The molecule has 1 unspecified atom stereocenters. The standard InChI is InChI=1S/C19H24N4O2/c1-13-12-23(11-10-19(13)8-9-19)17(24)14(2)20-18-22-21-16(25-18)15-6-4-3-5-7-15/h3-7,13-14H,8-12H2,1-2H3,(H,20,22)/t13?,14-/m1/s1. The molecule has 1 aromatic carbocycles. The van der Waals surface area contributed by atoms with Crippen molar-refractivity contribution in [2.75, 3.05) is 18.4 Å². The molecule has 6 heteroatoms. The minimum absolute atomic E-state index is 0.0989. The van der Waals surface area contributed by atoms with Gasteiger partial charge in [-0.15, -0.1) is 5.10 Å². The van der Waals surface area contributed by atoms with Gasteiger partial charge in [-0.2, -0.15) is 0 Å². The summed E-state index contributed by atoms with van der Waals surface area (Å²) in [7, 11) is 0. The molecule has 1 aliphatic heterocycles. The van der Waals surface area contributed by atoms with Crippen molar-refractivity contribution in [1.29, 1.82) is 0 Å². The van der Waals surface area contributed by atoms with Gasteiger partial charge in [0.15, 0.2) is 0 Å². The van der Waals surface area contributed by atoms with Crippen molar-refractivity contribution in [3.63, 3.8) is 0 Å². The number of rotatable bonds is 4. The number of aromatic nitrogens is 2. The smallest absolute Gasteiger partial charge is 0.316 e. The van der Waals surface area contributed by atoms with Crippen LogP contribution in [-0.4, -0.2) is 40.1 Å². The molecule has 0 radical (unpaired) electrons. The molecular weight excluding hydrogens is 316 g/mol. The van der Waals surface area contributed by atoms with Gasteiger partial charge in [0.25, 0.3) is 0 Å². The zero-order valence-corrected chi connectivity index (χ0v) is 14.7. The largest absolute Gasteiger partial charge is 0.403 e. The lowest BCUT2D eigenvalue weighted by atomic mass is 9.83. The van der Waals surface area contributed by atoms with Crippen LogP contribution in [0.2, 0.25) is 0 Å². The van der Waals surface area contributed by atoms with Crippen molar-refractivity contribution in [2.24, 2.45) is 11.3 Å². The van der Waals surface area contributed by atoms with Crippen LogP contribution in [0.5, 0.6) is 0 Å². The van der Waals surface area contributed by atoms with E-state index in [-0.39, 0.29) is 18.0 Å². The molecule has 1 aromatic heterocycles. The first-order chi connectivity index (χ1) is 12.1. The third-order valence-corrected chi connectivity index (χ3v) is 5.78. The second-order valence-corrected chi connectivity index (χ2v) is 7.44. The van der Waals surface area contributed by atoms with E-state index in [4.69, 9.17) is 4.42 Å². The SMILES string of the molecule is CC1CN(C(=O)[C@@H](C)Nc2nnc(-c3ccccc3)o2)CCC12CC2. The Kier molecular flexibility index (Phi) is 3.98. The van der Waals surface area contributed by atoms with Gasteiger partial charge in [0, 0.05) is 18.7 Å².